The molecular weight excluding hydrogens is 326 g/mol. The summed E-state index contributed by atoms with van der Waals surface area (Å²) >= 11 is 0. The molecule has 1 heterocycles. The van der Waals surface area contributed by atoms with Gasteiger partial charge in [0, 0.05) is 12.2 Å². The lowest BCUT2D eigenvalue weighted by Crippen LogP contribution is -2.50. The Morgan fingerprint density at radius 2 is 1.73 bits per heavy atom. The summed E-state index contributed by atoms with van der Waals surface area (Å²) in [6.45, 7) is 6.68. The molecule has 1 aliphatic heterocycles. The van der Waals surface area contributed by atoms with Gasteiger partial charge in [-0.25, -0.2) is 0 Å². The van der Waals surface area contributed by atoms with E-state index in [0.717, 1.165) is 27.9 Å². The van der Waals surface area contributed by atoms with Gasteiger partial charge in [-0.1, -0.05) is 42.0 Å². The molecule has 2 amide bonds. The minimum Gasteiger partial charge on any atom is -0.368 e. The molecule has 0 aliphatic carbocycles. The first-order valence-electron chi connectivity index (χ1n) is 8.83. The summed E-state index contributed by atoms with van der Waals surface area (Å²) < 4.78 is 0. The molecule has 3 N–H and O–H groups in total. The lowest BCUT2D eigenvalue weighted by molar-refractivity contribution is -0.125. The first-order chi connectivity index (χ1) is 12.3. The zero-order valence-electron chi connectivity index (χ0n) is 15.5. The lowest BCUT2D eigenvalue weighted by atomic mass is 9.93. The quantitative estimate of drug-likeness (QED) is 0.888. The van der Waals surface area contributed by atoms with Gasteiger partial charge in [0.15, 0.2) is 0 Å². The Kier molecular flexibility index (Phi) is 5.09. The second-order valence-electron chi connectivity index (χ2n) is 7.12. The summed E-state index contributed by atoms with van der Waals surface area (Å²) in [6.07, 6.45) is 0.543. The Bertz CT molecular complexity index is 837. The highest BCUT2D eigenvalue weighted by Crippen LogP contribution is 2.24. The van der Waals surface area contributed by atoms with E-state index >= 15 is 0 Å². The molecule has 0 aromatic heterocycles. The normalized spacial score (nSPS) is 16.8. The monoisotopic (exact) mass is 351 g/mol. The third-order valence-corrected chi connectivity index (χ3v) is 4.96. The van der Waals surface area contributed by atoms with Crippen molar-refractivity contribution in [1.29, 1.82) is 0 Å². The number of benzene rings is 2. The van der Waals surface area contributed by atoms with E-state index in [1.54, 1.807) is 0 Å². The minimum atomic E-state index is -0.462. The highest BCUT2D eigenvalue weighted by atomic mass is 16.2. The van der Waals surface area contributed by atoms with Crippen LogP contribution in [0.1, 0.15) is 27.8 Å². The van der Waals surface area contributed by atoms with Crippen molar-refractivity contribution < 1.29 is 9.59 Å². The summed E-state index contributed by atoms with van der Waals surface area (Å²) in [5.74, 6) is -0.527. The van der Waals surface area contributed by atoms with Crippen LogP contribution in [0.25, 0.3) is 0 Å². The maximum Gasteiger partial charge on any atom is 0.238 e. The fraction of sp³-hybridized carbons (Fsp3) is 0.333. The van der Waals surface area contributed by atoms with Crippen molar-refractivity contribution in [3.05, 3.63) is 64.2 Å². The second kappa shape index (κ2) is 7.30. The van der Waals surface area contributed by atoms with Gasteiger partial charge in [-0.3, -0.25) is 14.5 Å². The van der Waals surface area contributed by atoms with Gasteiger partial charge in [-0.15, -0.1) is 0 Å². The van der Waals surface area contributed by atoms with Gasteiger partial charge in [0.25, 0.3) is 0 Å². The van der Waals surface area contributed by atoms with Crippen molar-refractivity contribution in [3.63, 3.8) is 0 Å². The Hall–Kier alpha value is -2.66. The molecule has 0 radical (unpaired) electrons. The number of anilines is 1. The number of nitrogens with one attached hydrogen (secondary N) is 1. The molecule has 0 saturated heterocycles. The van der Waals surface area contributed by atoms with Gasteiger partial charge >= 0.3 is 0 Å². The van der Waals surface area contributed by atoms with E-state index in [1.807, 2.05) is 62.1 Å². The largest absolute Gasteiger partial charge is 0.368 e. The first kappa shape index (κ1) is 18.1. The predicted octanol–water partition coefficient (Wildman–Crippen LogP) is 2.46. The number of aryl methyl sites for hydroxylation is 3. The topological polar surface area (TPSA) is 75.4 Å². The molecular formula is C21H25N3O2. The highest BCUT2D eigenvalue weighted by Gasteiger charge is 2.31. The van der Waals surface area contributed by atoms with Gasteiger partial charge in [0.05, 0.1) is 12.6 Å². The molecule has 0 saturated carbocycles. The Morgan fingerprint density at radius 1 is 1.12 bits per heavy atom. The Morgan fingerprint density at radius 3 is 2.35 bits per heavy atom. The standard InChI is InChI=1S/C21H25N3O2/c1-13-8-14(2)20(15(3)9-13)23-19(25)12-24-11-17-7-5-4-6-16(17)10-18(24)21(22)26/h4-9,18H,10-12H2,1-3H3,(H2,22,26)(H,23,25). The van der Waals surface area contributed by atoms with Crippen molar-refractivity contribution in [1.82, 2.24) is 4.90 Å². The van der Waals surface area contributed by atoms with Crippen LogP contribution >= 0.6 is 0 Å². The molecule has 136 valence electrons. The molecule has 5 nitrogen and oxygen atoms in total. The van der Waals surface area contributed by atoms with Crippen LogP contribution in [0.2, 0.25) is 0 Å². The van der Waals surface area contributed by atoms with E-state index in [4.69, 9.17) is 5.73 Å². The van der Waals surface area contributed by atoms with E-state index in [0.29, 0.717) is 13.0 Å². The molecule has 5 heteroatoms. The number of carbonyl (C=O) groups excluding carboxylic acids is 2. The maximum atomic E-state index is 12.6. The molecule has 0 spiro atoms. The van der Waals surface area contributed by atoms with Gasteiger partial charge < -0.3 is 11.1 Å². The van der Waals surface area contributed by atoms with Crippen molar-refractivity contribution in [2.24, 2.45) is 5.73 Å². The second-order valence-corrected chi connectivity index (χ2v) is 7.12. The van der Waals surface area contributed by atoms with Crippen LogP contribution in [0.15, 0.2) is 36.4 Å². The van der Waals surface area contributed by atoms with E-state index < -0.39 is 11.9 Å². The number of hydrogen-bond donors (Lipinski definition) is 2. The van der Waals surface area contributed by atoms with Crippen LogP contribution < -0.4 is 11.1 Å². The number of nitrogens with two attached hydrogens (primary N) is 1. The van der Waals surface area contributed by atoms with Gasteiger partial charge in [-0.05, 0) is 49.4 Å². The molecule has 1 aliphatic rings. The third-order valence-electron chi connectivity index (χ3n) is 4.96. The van der Waals surface area contributed by atoms with Crippen LogP contribution in [-0.2, 0) is 22.6 Å². The Labute approximate surface area is 154 Å². The summed E-state index contributed by atoms with van der Waals surface area (Å²) in [6, 6.07) is 11.6. The lowest BCUT2D eigenvalue weighted by Gasteiger charge is -2.34. The average molecular weight is 351 g/mol. The number of fused-ring (bicyclic) bond motifs is 1. The zero-order valence-corrected chi connectivity index (χ0v) is 15.5. The molecule has 26 heavy (non-hydrogen) atoms. The Balaban J connectivity index is 1.77. The smallest absolute Gasteiger partial charge is 0.238 e. The van der Waals surface area contributed by atoms with Gasteiger partial charge in [0.2, 0.25) is 11.8 Å². The van der Waals surface area contributed by atoms with E-state index in [-0.39, 0.29) is 12.5 Å². The highest BCUT2D eigenvalue weighted by molar-refractivity contribution is 5.94. The number of hydrogen-bond acceptors (Lipinski definition) is 3. The van der Waals surface area contributed by atoms with Gasteiger partial charge in [0.1, 0.15) is 0 Å². The summed E-state index contributed by atoms with van der Waals surface area (Å²) in [5, 5.41) is 3.00. The summed E-state index contributed by atoms with van der Waals surface area (Å²) in [5.41, 5.74) is 11.9. The summed E-state index contributed by atoms with van der Waals surface area (Å²) in [7, 11) is 0. The van der Waals surface area contributed by atoms with Crippen molar-refractivity contribution in [2.45, 2.75) is 39.8 Å². The minimum absolute atomic E-state index is 0.134. The summed E-state index contributed by atoms with van der Waals surface area (Å²) in [4.78, 5) is 26.4. The fourth-order valence-corrected chi connectivity index (χ4v) is 3.76. The van der Waals surface area contributed by atoms with Crippen molar-refractivity contribution in [3.8, 4) is 0 Å². The van der Waals surface area contributed by atoms with Crippen LogP contribution in [0.3, 0.4) is 0 Å². The van der Waals surface area contributed by atoms with E-state index in [9.17, 15) is 9.59 Å². The molecule has 3 rings (SSSR count). The van der Waals surface area contributed by atoms with E-state index in [1.165, 1.54) is 5.56 Å². The number of rotatable bonds is 4. The van der Waals surface area contributed by atoms with Crippen molar-refractivity contribution in [2.75, 3.05) is 11.9 Å². The van der Waals surface area contributed by atoms with Gasteiger partial charge in [-0.2, -0.15) is 0 Å². The molecule has 0 bridgehead atoms. The maximum absolute atomic E-state index is 12.6. The first-order valence-corrected chi connectivity index (χ1v) is 8.83. The SMILES string of the molecule is Cc1cc(C)c(NC(=O)CN2Cc3ccccc3CC2C(N)=O)c(C)c1. The van der Waals surface area contributed by atoms with Crippen molar-refractivity contribution >= 4 is 17.5 Å². The fourth-order valence-electron chi connectivity index (χ4n) is 3.76. The molecule has 2 aromatic carbocycles. The van der Waals surface area contributed by atoms with E-state index in [2.05, 4.69) is 5.32 Å². The number of primary amides is 1. The average Bonchev–Trinajstić information content (AvgIpc) is 2.57. The zero-order chi connectivity index (χ0) is 18.8. The molecule has 1 unspecified atom stereocenters. The number of nitrogens with zero attached hydrogens (tertiary/aromatic N) is 1. The third kappa shape index (κ3) is 3.78. The number of carbonyl (C=O) groups is 2. The van der Waals surface area contributed by atoms with Crippen LogP contribution in [0.4, 0.5) is 5.69 Å². The van der Waals surface area contributed by atoms with Crippen LogP contribution in [0.5, 0.6) is 0 Å². The molecule has 1 atom stereocenters. The van der Waals surface area contributed by atoms with Crippen LogP contribution in [-0.4, -0.2) is 29.3 Å². The molecule has 2 aromatic rings. The molecule has 0 fully saturated rings. The predicted molar refractivity (Wildman–Crippen MR) is 103 cm³/mol. The van der Waals surface area contributed by atoms with Crippen LogP contribution in [0, 0.1) is 20.8 Å². The number of amides is 2.